The molecule has 4 nitrogen and oxygen atoms in total. The fourth-order valence-corrected chi connectivity index (χ4v) is 1.24. The summed E-state index contributed by atoms with van der Waals surface area (Å²) in [5.41, 5.74) is -1.32. The van der Waals surface area contributed by atoms with E-state index in [2.05, 4.69) is 0 Å². The topological polar surface area (TPSA) is 57.6 Å². The summed E-state index contributed by atoms with van der Waals surface area (Å²) < 4.78 is 0. The smallest absolute Gasteiger partial charge is 0.318 e. The molecule has 4 heteroatoms. The summed E-state index contributed by atoms with van der Waals surface area (Å²) in [5.74, 6) is -1.37. The highest BCUT2D eigenvalue weighted by atomic mass is 16.4. The highest BCUT2D eigenvalue weighted by Gasteiger charge is 2.38. The van der Waals surface area contributed by atoms with Gasteiger partial charge in [-0.3, -0.25) is 9.59 Å². The van der Waals surface area contributed by atoms with Gasteiger partial charge in [-0.2, -0.15) is 0 Å². The molecule has 0 aliphatic heterocycles. The Morgan fingerprint density at radius 1 is 1.27 bits per heavy atom. The molecule has 0 aromatic rings. The van der Waals surface area contributed by atoms with E-state index in [1.807, 2.05) is 13.8 Å². The number of aliphatic carboxylic acids is 1. The zero-order valence-electron chi connectivity index (χ0n) is 10.0. The summed E-state index contributed by atoms with van der Waals surface area (Å²) >= 11 is 0. The number of hydrogen-bond donors (Lipinski definition) is 1. The second kappa shape index (κ2) is 5.73. The summed E-state index contributed by atoms with van der Waals surface area (Å²) in [6, 6.07) is 0. The average molecular weight is 215 g/mol. The molecule has 0 spiro atoms. The Balaban J connectivity index is 4.57. The number of nitrogens with zero attached hydrogens (tertiary/aromatic N) is 1. The molecule has 0 aromatic carbocycles. The minimum absolute atomic E-state index is 0.300. The molecule has 0 radical (unpaired) electrons. The van der Waals surface area contributed by atoms with Gasteiger partial charge in [-0.1, -0.05) is 13.3 Å². The van der Waals surface area contributed by atoms with E-state index in [4.69, 9.17) is 5.11 Å². The van der Waals surface area contributed by atoms with Crippen LogP contribution in [0.5, 0.6) is 0 Å². The van der Waals surface area contributed by atoms with E-state index >= 15 is 0 Å². The molecular weight excluding hydrogens is 194 g/mol. The molecule has 0 heterocycles. The first-order chi connectivity index (χ1) is 6.87. The van der Waals surface area contributed by atoms with Crippen molar-refractivity contribution in [3.05, 3.63) is 0 Å². The number of carbonyl (C=O) groups excluding carboxylic acids is 1. The first-order valence-corrected chi connectivity index (χ1v) is 5.40. The van der Waals surface area contributed by atoms with Crippen molar-refractivity contribution in [3.63, 3.8) is 0 Å². The van der Waals surface area contributed by atoms with Crippen LogP contribution in [0, 0.1) is 5.41 Å². The van der Waals surface area contributed by atoms with E-state index in [0.29, 0.717) is 13.1 Å². The second-order valence-electron chi connectivity index (χ2n) is 4.17. The van der Waals surface area contributed by atoms with Gasteiger partial charge in [0.15, 0.2) is 0 Å². The predicted molar refractivity (Wildman–Crippen MR) is 58.6 cm³/mol. The monoisotopic (exact) mass is 215 g/mol. The van der Waals surface area contributed by atoms with E-state index in [9.17, 15) is 9.59 Å². The van der Waals surface area contributed by atoms with E-state index < -0.39 is 11.4 Å². The molecule has 88 valence electrons. The zero-order chi connectivity index (χ0) is 12.1. The lowest BCUT2D eigenvalue weighted by Gasteiger charge is -2.28. The van der Waals surface area contributed by atoms with E-state index in [-0.39, 0.29) is 5.91 Å². The Kier molecular flexibility index (Phi) is 5.33. The molecule has 1 amide bonds. The fraction of sp³-hybridized carbons (Fsp3) is 0.818. The minimum atomic E-state index is -1.32. The van der Waals surface area contributed by atoms with Crippen molar-refractivity contribution >= 4 is 11.9 Å². The number of carbonyl (C=O) groups is 2. The molecule has 0 aliphatic carbocycles. The van der Waals surface area contributed by atoms with Gasteiger partial charge in [0.05, 0.1) is 0 Å². The normalized spacial score (nSPS) is 11.2. The Morgan fingerprint density at radius 3 is 2.13 bits per heavy atom. The van der Waals surface area contributed by atoms with Gasteiger partial charge in [0, 0.05) is 13.1 Å². The molecule has 0 atom stereocenters. The first kappa shape index (κ1) is 13.9. The maximum absolute atomic E-state index is 11.9. The van der Waals surface area contributed by atoms with Crippen LogP contribution in [0.1, 0.15) is 40.5 Å². The Hall–Kier alpha value is -1.06. The largest absolute Gasteiger partial charge is 0.480 e. The number of unbranched alkanes of at least 4 members (excludes halogenated alkanes) is 1. The lowest BCUT2D eigenvalue weighted by molar-refractivity contribution is -0.158. The molecule has 0 rings (SSSR count). The van der Waals surface area contributed by atoms with Crippen molar-refractivity contribution in [1.82, 2.24) is 4.90 Å². The third-order valence-corrected chi connectivity index (χ3v) is 2.52. The maximum atomic E-state index is 11.9. The van der Waals surface area contributed by atoms with Crippen molar-refractivity contribution in [2.75, 3.05) is 13.1 Å². The average Bonchev–Trinajstić information content (AvgIpc) is 2.18. The van der Waals surface area contributed by atoms with Gasteiger partial charge < -0.3 is 10.0 Å². The number of carboxylic acid groups (broad SMARTS) is 1. The summed E-state index contributed by atoms with van der Waals surface area (Å²) in [5, 5.41) is 8.93. The Bertz CT molecular complexity index is 236. The van der Waals surface area contributed by atoms with Gasteiger partial charge in [0.1, 0.15) is 5.41 Å². The third kappa shape index (κ3) is 3.53. The van der Waals surface area contributed by atoms with Crippen LogP contribution in [0.15, 0.2) is 0 Å². The quantitative estimate of drug-likeness (QED) is 0.687. The van der Waals surface area contributed by atoms with Crippen LogP contribution in [0.2, 0.25) is 0 Å². The molecule has 0 saturated carbocycles. The van der Waals surface area contributed by atoms with Gasteiger partial charge in [-0.15, -0.1) is 0 Å². The van der Waals surface area contributed by atoms with Gasteiger partial charge in [-0.05, 0) is 27.2 Å². The second-order valence-corrected chi connectivity index (χ2v) is 4.17. The standard InChI is InChI=1S/C11H21NO3/c1-5-7-8-12(6-2)9(13)11(3,4)10(14)15/h5-8H2,1-4H3,(H,14,15). The van der Waals surface area contributed by atoms with Crippen LogP contribution >= 0.6 is 0 Å². The van der Waals surface area contributed by atoms with Gasteiger partial charge in [0.25, 0.3) is 0 Å². The molecule has 0 aliphatic rings. The lowest BCUT2D eigenvalue weighted by atomic mass is 9.91. The molecule has 0 saturated heterocycles. The van der Waals surface area contributed by atoms with Gasteiger partial charge in [0.2, 0.25) is 5.91 Å². The molecule has 0 aromatic heterocycles. The fourth-order valence-electron chi connectivity index (χ4n) is 1.24. The Morgan fingerprint density at radius 2 is 1.80 bits per heavy atom. The van der Waals surface area contributed by atoms with Crippen LogP contribution in [-0.4, -0.2) is 35.0 Å². The predicted octanol–water partition coefficient (Wildman–Crippen LogP) is 1.75. The maximum Gasteiger partial charge on any atom is 0.318 e. The van der Waals surface area contributed by atoms with Crippen LogP contribution in [0.4, 0.5) is 0 Å². The van der Waals surface area contributed by atoms with Crippen LogP contribution in [-0.2, 0) is 9.59 Å². The van der Waals surface area contributed by atoms with Crippen molar-refractivity contribution in [3.8, 4) is 0 Å². The molecule has 0 unspecified atom stereocenters. The van der Waals surface area contributed by atoms with Gasteiger partial charge >= 0.3 is 5.97 Å². The number of hydrogen-bond acceptors (Lipinski definition) is 2. The van der Waals surface area contributed by atoms with Crippen molar-refractivity contribution < 1.29 is 14.7 Å². The highest BCUT2D eigenvalue weighted by molar-refractivity contribution is 6.00. The van der Waals surface area contributed by atoms with E-state index in [0.717, 1.165) is 12.8 Å². The number of carboxylic acids is 1. The summed E-state index contributed by atoms with van der Waals surface area (Å²) in [7, 11) is 0. The molecule has 1 N–H and O–H groups in total. The number of rotatable bonds is 6. The van der Waals surface area contributed by atoms with E-state index in [1.54, 1.807) is 4.90 Å². The summed E-state index contributed by atoms with van der Waals surface area (Å²) in [4.78, 5) is 24.4. The number of amides is 1. The molecule has 0 fully saturated rings. The summed E-state index contributed by atoms with van der Waals surface area (Å²) in [6.45, 7) is 8.02. The minimum Gasteiger partial charge on any atom is -0.480 e. The molecule has 15 heavy (non-hydrogen) atoms. The molecular formula is C11H21NO3. The first-order valence-electron chi connectivity index (χ1n) is 5.40. The third-order valence-electron chi connectivity index (χ3n) is 2.52. The zero-order valence-corrected chi connectivity index (χ0v) is 10.0. The van der Waals surface area contributed by atoms with E-state index in [1.165, 1.54) is 13.8 Å². The van der Waals surface area contributed by atoms with Crippen molar-refractivity contribution in [2.45, 2.75) is 40.5 Å². The van der Waals surface area contributed by atoms with Crippen molar-refractivity contribution in [2.24, 2.45) is 5.41 Å². The van der Waals surface area contributed by atoms with Crippen LogP contribution in [0.25, 0.3) is 0 Å². The Labute approximate surface area is 91.3 Å². The lowest BCUT2D eigenvalue weighted by Crippen LogP contribution is -2.45. The highest BCUT2D eigenvalue weighted by Crippen LogP contribution is 2.19. The summed E-state index contributed by atoms with van der Waals surface area (Å²) in [6.07, 6.45) is 1.91. The SMILES string of the molecule is CCCCN(CC)C(=O)C(C)(C)C(=O)O. The molecule has 0 bridgehead atoms. The van der Waals surface area contributed by atoms with Crippen molar-refractivity contribution in [1.29, 1.82) is 0 Å². The van der Waals surface area contributed by atoms with Crippen LogP contribution < -0.4 is 0 Å². The van der Waals surface area contributed by atoms with Crippen LogP contribution in [0.3, 0.4) is 0 Å². The van der Waals surface area contributed by atoms with Gasteiger partial charge in [-0.25, -0.2) is 0 Å².